The van der Waals surface area contributed by atoms with Crippen molar-refractivity contribution in [2.24, 2.45) is 23.0 Å². The Labute approximate surface area is 56.6 Å². The van der Waals surface area contributed by atoms with Crippen molar-refractivity contribution in [1.29, 1.82) is 0 Å². The Hall–Kier alpha value is -0.0400. The van der Waals surface area contributed by atoms with Crippen LogP contribution in [0.4, 0.5) is 0 Å². The Bertz CT molecular complexity index is 129. The fraction of sp³-hybridized carbons (Fsp3) is 1.00. The van der Waals surface area contributed by atoms with Gasteiger partial charge in [0.25, 0.3) is 0 Å². The first-order valence-corrected chi connectivity index (χ1v) is 3.97. The molecular formula is C8H15N. The monoisotopic (exact) mass is 125 g/mol. The highest BCUT2D eigenvalue weighted by atomic mass is 14.7. The lowest BCUT2D eigenvalue weighted by Crippen LogP contribution is -2.15. The molecule has 9 heavy (non-hydrogen) atoms. The van der Waals surface area contributed by atoms with Crippen molar-refractivity contribution in [3.05, 3.63) is 0 Å². The Morgan fingerprint density at radius 3 is 2.67 bits per heavy atom. The van der Waals surface area contributed by atoms with Crippen molar-refractivity contribution >= 4 is 0 Å². The Morgan fingerprint density at radius 1 is 1.56 bits per heavy atom. The van der Waals surface area contributed by atoms with Crippen molar-refractivity contribution in [3.63, 3.8) is 0 Å². The minimum atomic E-state index is 0.652. The molecule has 0 bridgehead atoms. The summed E-state index contributed by atoms with van der Waals surface area (Å²) in [5.74, 6) is 1.99. The maximum Gasteiger partial charge on any atom is -0.00177 e. The standard InChI is InChI=1S/C8H15N/c1-6-2-7-4-8(7,3-6)5-9/h6-7H,2-5,9H2,1H3. The lowest BCUT2D eigenvalue weighted by molar-refractivity contribution is 0.444. The minimum Gasteiger partial charge on any atom is -0.330 e. The molecule has 0 amide bonds. The predicted molar refractivity (Wildman–Crippen MR) is 38.0 cm³/mol. The third kappa shape index (κ3) is 0.644. The maximum absolute atomic E-state index is 5.67. The van der Waals surface area contributed by atoms with Crippen molar-refractivity contribution in [2.45, 2.75) is 26.2 Å². The van der Waals surface area contributed by atoms with Crippen LogP contribution in [0.3, 0.4) is 0 Å². The second-order valence-electron chi connectivity index (χ2n) is 4.01. The van der Waals surface area contributed by atoms with Gasteiger partial charge in [-0.15, -0.1) is 0 Å². The average molecular weight is 125 g/mol. The van der Waals surface area contributed by atoms with Crippen LogP contribution in [0.5, 0.6) is 0 Å². The van der Waals surface area contributed by atoms with E-state index in [2.05, 4.69) is 6.92 Å². The molecule has 0 heterocycles. The summed E-state index contributed by atoms with van der Waals surface area (Å²) in [5.41, 5.74) is 6.32. The van der Waals surface area contributed by atoms with Crippen molar-refractivity contribution in [3.8, 4) is 0 Å². The van der Waals surface area contributed by atoms with Crippen LogP contribution >= 0.6 is 0 Å². The predicted octanol–water partition coefficient (Wildman–Crippen LogP) is 1.38. The maximum atomic E-state index is 5.67. The zero-order chi connectivity index (χ0) is 6.48. The highest BCUT2D eigenvalue weighted by Gasteiger charge is 2.57. The molecule has 0 radical (unpaired) electrons. The van der Waals surface area contributed by atoms with Gasteiger partial charge in [0.2, 0.25) is 0 Å². The molecule has 52 valence electrons. The number of fused-ring (bicyclic) bond motifs is 1. The molecule has 1 nitrogen and oxygen atoms in total. The molecule has 0 aliphatic heterocycles. The summed E-state index contributed by atoms with van der Waals surface area (Å²) in [6, 6.07) is 0. The van der Waals surface area contributed by atoms with E-state index in [1.54, 1.807) is 0 Å². The summed E-state index contributed by atoms with van der Waals surface area (Å²) < 4.78 is 0. The number of nitrogens with two attached hydrogens (primary N) is 1. The molecule has 2 aliphatic rings. The van der Waals surface area contributed by atoms with Crippen LogP contribution < -0.4 is 5.73 Å². The molecule has 2 N–H and O–H groups in total. The van der Waals surface area contributed by atoms with Crippen LogP contribution in [0, 0.1) is 17.3 Å². The summed E-state index contributed by atoms with van der Waals surface area (Å²) in [7, 11) is 0. The van der Waals surface area contributed by atoms with Gasteiger partial charge in [0.15, 0.2) is 0 Å². The van der Waals surface area contributed by atoms with Gasteiger partial charge in [0.1, 0.15) is 0 Å². The van der Waals surface area contributed by atoms with Crippen molar-refractivity contribution in [2.75, 3.05) is 6.54 Å². The average Bonchev–Trinajstić information content (AvgIpc) is 2.38. The molecule has 2 aliphatic carbocycles. The summed E-state index contributed by atoms with van der Waals surface area (Å²) >= 11 is 0. The zero-order valence-corrected chi connectivity index (χ0v) is 6.06. The molecule has 0 aromatic carbocycles. The largest absolute Gasteiger partial charge is 0.330 e. The van der Waals surface area contributed by atoms with Gasteiger partial charge in [-0.05, 0) is 43.1 Å². The van der Waals surface area contributed by atoms with Gasteiger partial charge in [-0.2, -0.15) is 0 Å². The molecule has 1 heteroatoms. The smallest absolute Gasteiger partial charge is 0.00177 e. The fourth-order valence-electron chi connectivity index (χ4n) is 2.61. The third-order valence-corrected chi connectivity index (χ3v) is 3.21. The topological polar surface area (TPSA) is 26.0 Å². The summed E-state index contributed by atoms with van der Waals surface area (Å²) in [6.07, 6.45) is 4.30. The van der Waals surface area contributed by atoms with E-state index in [9.17, 15) is 0 Å². The van der Waals surface area contributed by atoms with E-state index >= 15 is 0 Å². The molecule has 0 aromatic rings. The summed E-state index contributed by atoms with van der Waals surface area (Å²) in [5, 5.41) is 0. The molecule has 2 rings (SSSR count). The van der Waals surface area contributed by atoms with Gasteiger partial charge < -0.3 is 5.73 Å². The molecule has 3 unspecified atom stereocenters. The van der Waals surface area contributed by atoms with Gasteiger partial charge >= 0.3 is 0 Å². The number of hydrogen-bond acceptors (Lipinski definition) is 1. The van der Waals surface area contributed by atoms with E-state index in [-0.39, 0.29) is 0 Å². The SMILES string of the molecule is CC1CC2CC2(CN)C1. The normalized spacial score (nSPS) is 55.3. The lowest BCUT2D eigenvalue weighted by Gasteiger charge is -2.09. The molecule has 3 atom stereocenters. The van der Waals surface area contributed by atoms with Crippen LogP contribution in [-0.2, 0) is 0 Å². The first-order valence-electron chi connectivity index (χ1n) is 3.97. The van der Waals surface area contributed by atoms with E-state index in [4.69, 9.17) is 5.73 Å². The van der Waals surface area contributed by atoms with E-state index in [0.29, 0.717) is 5.41 Å². The fourth-order valence-corrected chi connectivity index (χ4v) is 2.61. The first-order chi connectivity index (χ1) is 4.27. The number of rotatable bonds is 1. The number of hydrogen-bond donors (Lipinski definition) is 1. The van der Waals surface area contributed by atoms with Crippen LogP contribution in [0.25, 0.3) is 0 Å². The Balaban J connectivity index is 2.05. The molecule has 2 saturated carbocycles. The zero-order valence-electron chi connectivity index (χ0n) is 6.06. The van der Waals surface area contributed by atoms with Gasteiger partial charge in [-0.1, -0.05) is 6.92 Å². The van der Waals surface area contributed by atoms with Gasteiger partial charge in [-0.25, -0.2) is 0 Å². The Morgan fingerprint density at radius 2 is 2.33 bits per heavy atom. The third-order valence-electron chi connectivity index (χ3n) is 3.21. The quantitative estimate of drug-likeness (QED) is 0.563. The van der Waals surface area contributed by atoms with Gasteiger partial charge in [0.05, 0.1) is 0 Å². The molecule has 2 fully saturated rings. The minimum absolute atomic E-state index is 0.652. The Kier molecular flexibility index (Phi) is 0.963. The van der Waals surface area contributed by atoms with E-state index in [0.717, 1.165) is 18.4 Å². The second-order valence-corrected chi connectivity index (χ2v) is 4.01. The molecule has 0 aromatic heterocycles. The highest BCUT2D eigenvalue weighted by molar-refractivity contribution is 5.08. The van der Waals surface area contributed by atoms with E-state index < -0.39 is 0 Å². The second kappa shape index (κ2) is 1.51. The lowest BCUT2D eigenvalue weighted by atomic mass is 9.99. The summed E-state index contributed by atoms with van der Waals surface area (Å²) in [4.78, 5) is 0. The van der Waals surface area contributed by atoms with Crippen molar-refractivity contribution in [1.82, 2.24) is 0 Å². The van der Waals surface area contributed by atoms with Crippen LogP contribution in [-0.4, -0.2) is 6.54 Å². The molecular weight excluding hydrogens is 110 g/mol. The van der Waals surface area contributed by atoms with Gasteiger partial charge in [-0.3, -0.25) is 0 Å². The first kappa shape index (κ1) is 5.72. The summed E-state index contributed by atoms with van der Waals surface area (Å²) in [6.45, 7) is 3.30. The van der Waals surface area contributed by atoms with Crippen molar-refractivity contribution < 1.29 is 0 Å². The van der Waals surface area contributed by atoms with E-state index in [1.165, 1.54) is 19.3 Å². The van der Waals surface area contributed by atoms with E-state index in [1.807, 2.05) is 0 Å². The molecule has 0 saturated heterocycles. The van der Waals surface area contributed by atoms with Crippen LogP contribution in [0.2, 0.25) is 0 Å². The van der Waals surface area contributed by atoms with Crippen LogP contribution in [0.15, 0.2) is 0 Å². The molecule has 0 spiro atoms. The highest BCUT2D eigenvalue weighted by Crippen LogP contribution is 2.64. The van der Waals surface area contributed by atoms with Crippen LogP contribution in [0.1, 0.15) is 26.2 Å². The van der Waals surface area contributed by atoms with Gasteiger partial charge in [0, 0.05) is 0 Å².